The predicted octanol–water partition coefficient (Wildman–Crippen LogP) is 1.43. The minimum Gasteiger partial charge on any atom is -0.299 e. The van der Waals surface area contributed by atoms with E-state index in [2.05, 4.69) is 6.92 Å². The van der Waals surface area contributed by atoms with Crippen molar-refractivity contribution in [2.24, 2.45) is 11.8 Å². The van der Waals surface area contributed by atoms with E-state index in [1.54, 1.807) is 0 Å². The summed E-state index contributed by atoms with van der Waals surface area (Å²) in [6.07, 6.45) is 4.38. The molecule has 0 heterocycles. The van der Waals surface area contributed by atoms with Gasteiger partial charge in [0.2, 0.25) is 0 Å². The molecule has 0 aromatic rings. The lowest BCUT2D eigenvalue weighted by Crippen LogP contribution is -2.16. The lowest BCUT2D eigenvalue weighted by Gasteiger charge is -2.07. The van der Waals surface area contributed by atoms with Crippen LogP contribution in [0.25, 0.3) is 0 Å². The number of carbonyl (C=O) groups is 1. The third kappa shape index (κ3) is 3.78. The summed E-state index contributed by atoms with van der Waals surface area (Å²) in [5.74, 6) is 0.908. The molecule has 0 bridgehead atoms. The van der Waals surface area contributed by atoms with Gasteiger partial charge in [0, 0.05) is 18.6 Å². The molecule has 1 aliphatic carbocycles. The van der Waals surface area contributed by atoms with Crippen LogP contribution in [0.4, 0.5) is 0 Å². The van der Waals surface area contributed by atoms with Gasteiger partial charge in [-0.2, -0.15) is 0 Å². The van der Waals surface area contributed by atoms with Gasteiger partial charge >= 0.3 is 0 Å². The third-order valence-corrected chi connectivity index (χ3v) is 3.82. The molecule has 4 heteroatoms. The van der Waals surface area contributed by atoms with E-state index in [4.69, 9.17) is 0 Å². The zero-order valence-electron chi connectivity index (χ0n) is 8.82. The lowest BCUT2D eigenvalue weighted by molar-refractivity contribution is -0.122. The summed E-state index contributed by atoms with van der Waals surface area (Å²) in [7, 11) is -2.98. The first-order valence-electron chi connectivity index (χ1n) is 5.09. The number of Topliss-reactive ketones (excluding diaryl/α,β-unsaturated/α-hetero) is 1. The van der Waals surface area contributed by atoms with E-state index in [-0.39, 0.29) is 23.9 Å². The monoisotopic (exact) mass is 218 g/mol. The highest BCUT2D eigenvalue weighted by Gasteiger charge is 2.27. The van der Waals surface area contributed by atoms with Gasteiger partial charge in [0.1, 0.15) is 15.6 Å². The van der Waals surface area contributed by atoms with E-state index in [1.807, 2.05) is 0 Å². The first-order chi connectivity index (χ1) is 6.38. The molecule has 1 fully saturated rings. The van der Waals surface area contributed by atoms with Crippen molar-refractivity contribution in [1.82, 2.24) is 0 Å². The average molecular weight is 218 g/mol. The standard InChI is InChI=1S/C10H18O3S/c1-8-3-4-9(7-8)10(11)5-6-14(2,12)13/h8-9H,3-7H2,1-2H3. The molecule has 2 unspecified atom stereocenters. The lowest BCUT2D eigenvalue weighted by atomic mass is 9.99. The SMILES string of the molecule is CC1CCC(C(=O)CCS(C)(=O)=O)C1. The number of ketones is 1. The quantitative estimate of drug-likeness (QED) is 0.717. The van der Waals surface area contributed by atoms with Crippen LogP contribution < -0.4 is 0 Å². The van der Waals surface area contributed by atoms with Crippen LogP contribution in [0.3, 0.4) is 0 Å². The zero-order valence-corrected chi connectivity index (χ0v) is 9.64. The van der Waals surface area contributed by atoms with Gasteiger partial charge < -0.3 is 0 Å². The molecule has 82 valence electrons. The summed E-state index contributed by atoms with van der Waals surface area (Å²) in [5.41, 5.74) is 0. The van der Waals surface area contributed by atoms with Crippen LogP contribution in [-0.2, 0) is 14.6 Å². The highest BCUT2D eigenvalue weighted by molar-refractivity contribution is 7.90. The van der Waals surface area contributed by atoms with Crippen molar-refractivity contribution in [3.8, 4) is 0 Å². The van der Waals surface area contributed by atoms with Gasteiger partial charge in [0.15, 0.2) is 0 Å². The summed E-state index contributed by atoms with van der Waals surface area (Å²) < 4.78 is 21.7. The largest absolute Gasteiger partial charge is 0.299 e. The van der Waals surface area contributed by atoms with Gasteiger partial charge in [-0.05, 0) is 25.2 Å². The first kappa shape index (κ1) is 11.7. The van der Waals surface area contributed by atoms with Crippen molar-refractivity contribution in [1.29, 1.82) is 0 Å². The van der Waals surface area contributed by atoms with Gasteiger partial charge in [-0.1, -0.05) is 6.92 Å². The van der Waals surface area contributed by atoms with Crippen LogP contribution in [0, 0.1) is 11.8 Å². The van der Waals surface area contributed by atoms with E-state index < -0.39 is 9.84 Å². The number of rotatable bonds is 4. The van der Waals surface area contributed by atoms with E-state index in [1.165, 1.54) is 6.26 Å². The van der Waals surface area contributed by atoms with Crippen molar-refractivity contribution < 1.29 is 13.2 Å². The van der Waals surface area contributed by atoms with Crippen molar-refractivity contribution in [3.05, 3.63) is 0 Å². The fourth-order valence-corrected chi connectivity index (χ4v) is 2.56. The van der Waals surface area contributed by atoms with Gasteiger partial charge in [-0.15, -0.1) is 0 Å². The topological polar surface area (TPSA) is 51.2 Å². The molecule has 0 N–H and O–H groups in total. The molecular weight excluding hydrogens is 200 g/mol. The molecule has 0 aromatic carbocycles. The maximum atomic E-state index is 11.6. The molecule has 0 aromatic heterocycles. The minimum absolute atomic E-state index is 0.0106. The third-order valence-electron chi connectivity index (χ3n) is 2.87. The first-order valence-corrected chi connectivity index (χ1v) is 7.15. The van der Waals surface area contributed by atoms with Crippen LogP contribution in [0.1, 0.15) is 32.6 Å². The number of carbonyl (C=O) groups excluding carboxylic acids is 1. The number of hydrogen-bond acceptors (Lipinski definition) is 3. The average Bonchev–Trinajstić information content (AvgIpc) is 2.46. The van der Waals surface area contributed by atoms with Gasteiger partial charge in [-0.25, -0.2) is 8.42 Å². The second kappa shape index (κ2) is 4.43. The summed E-state index contributed by atoms with van der Waals surface area (Å²) in [4.78, 5) is 11.6. The summed E-state index contributed by atoms with van der Waals surface area (Å²) >= 11 is 0. The van der Waals surface area contributed by atoms with Gasteiger partial charge in [0.25, 0.3) is 0 Å². The molecule has 0 spiro atoms. The summed E-state index contributed by atoms with van der Waals surface area (Å²) in [6.45, 7) is 2.14. The highest BCUT2D eigenvalue weighted by atomic mass is 32.2. The van der Waals surface area contributed by atoms with E-state index >= 15 is 0 Å². The van der Waals surface area contributed by atoms with Gasteiger partial charge in [0.05, 0.1) is 5.75 Å². The molecule has 0 radical (unpaired) electrons. The number of hydrogen-bond donors (Lipinski definition) is 0. The Morgan fingerprint density at radius 1 is 1.36 bits per heavy atom. The molecular formula is C10H18O3S. The van der Waals surface area contributed by atoms with Crippen molar-refractivity contribution in [2.45, 2.75) is 32.6 Å². The maximum Gasteiger partial charge on any atom is 0.147 e. The highest BCUT2D eigenvalue weighted by Crippen LogP contribution is 2.31. The summed E-state index contributed by atoms with van der Waals surface area (Å²) in [6, 6.07) is 0. The molecule has 0 saturated heterocycles. The Morgan fingerprint density at radius 3 is 2.43 bits per heavy atom. The van der Waals surface area contributed by atoms with Crippen molar-refractivity contribution in [3.63, 3.8) is 0 Å². The second-order valence-corrected chi connectivity index (χ2v) is 6.72. The van der Waals surface area contributed by atoms with Crippen LogP contribution in [0.5, 0.6) is 0 Å². The molecule has 14 heavy (non-hydrogen) atoms. The molecule has 0 amide bonds. The van der Waals surface area contributed by atoms with Crippen molar-refractivity contribution in [2.75, 3.05) is 12.0 Å². The van der Waals surface area contributed by atoms with Crippen LogP contribution in [0.15, 0.2) is 0 Å². The number of sulfone groups is 1. The Kier molecular flexibility index (Phi) is 3.70. The Balaban J connectivity index is 2.36. The molecule has 2 atom stereocenters. The molecule has 3 nitrogen and oxygen atoms in total. The Labute approximate surface area is 85.8 Å². The predicted molar refractivity (Wildman–Crippen MR) is 55.8 cm³/mol. The molecule has 1 aliphatic rings. The van der Waals surface area contributed by atoms with Crippen LogP contribution in [-0.4, -0.2) is 26.2 Å². The van der Waals surface area contributed by atoms with E-state index in [0.717, 1.165) is 19.3 Å². The Bertz CT molecular complexity index is 305. The Hall–Kier alpha value is -0.380. The van der Waals surface area contributed by atoms with E-state index in [0.29, 0.717) is 5.92 Å². The zero-order chi connectivity index (χ0) is 10.8. The van der Waals surface area contributed by atoms with E-state index in [9.17, 15) is 13.2 Å². The van der Waals surface area contributed by atoms with Gasteiger partial charge in [-0.3, -0.25) is 4.79 Å². The van der Waals surface area contributed by atoms with Crippen LogP contribution >= 0.6 is 0 Å². The van der Waals surface area contributed by atoms with Crippen LogP contribution in [0.2, 0.25) is 0 Å². The second-order valence-electron chi connectivity index (χ2n) is 4.46. The molecule has 1 saturated carbocycles. The fourth-order valence-electron chi connectivity index (χ4n) is 1.99. The maximum absolute atomic E-state index is 11.6. The fraction of sp³-hybridized carbons (Fsp3) is 0.900. The minimum atomic E-state index is -2.98. The Morgan fingerprint density at radius 2 is 2.00 bits per heavy atom. The molecule has 1 rings (SSSR count). The molecule has 0 aliphatic heterocycles. The normalized spacial score (nSPS) is 27.9. The smallest absolute Gasteiger partial charge is 0.147 e. The van der Waals surface area contributed by atoms with Crippen molar-refractivity contribution >= 4 is 15.6 Å². The summed E-state index contributed by atoms with van der Waals surface area (Å²) in [5, 5.41) is 0.